The molecule has 2 aliphatic rings. The Balaban J connectivity index is 1.45. The Kier molecular flexibility index (Phi) is 5.73. The first-order chi connectivity index (χ1) is 16.5. The van der Waals surface area contributed by atoms with Crippen LogP contribution >= 0.6 is 11.6 Å². The number of methoxy groups -OCH3 is 1. The average Bonchev–Trinajstić information content (AvgIpc) is 3.16. The molecule has 8 heteroatoms. The SMILES string of the molecule is COc1ccccc1C(=O)Oc1ccc2c(c1C)O/C(=C\c1cc(Cl)cc3c1OCOC3)C2=O. The van der Waals surface area contributed by atoms with Gasteiger partial charge in [-0.15, -0.1) is 0 Å². The van der Waals surface area contributed by atoms with Crippen molar-refractivity contribution in [2.24, 2.45) is 0 Å². The van der Waals surface area contributed by atoms with Gasteiger partial charge < -0.3 is 23.7 Å². The van der Waals surface area contributed by atoms with E-state index >= 15 is 0 Å². The lowest BCUT2D eigenvalue weighted by atomic mass is 10.0. The van der Waals surface area contributed by atoms with Crippen LogP contribution in [0, 0.1) is 6.92 Å². The minimum absolute atomic E-state index is 0.111. The fourth-order valence-corrected chi connectivity index (χ4v) is 4.15. The van der Waals surface area contributed by atoms with Crippen molar-refractivity contribution in [2.75, 3.05) is 13.9 Å². The molecule has 0 atom stereocenters. The van der Waals surface area contributed by atoms with E-state index in [1.54, 1.807) is 61.5 Å². The lowest BCUT2D eigenvalue weighted by Crippen LogP contribution is -2.12. The fourth-order valence-electron chi connectivity index (χ4n) is 3.90. The highest BCUT2D eigenvalue weighted by molar-refractivity contribution is 6.31. The van der Waals surface area contributed by atoms with Gasteiger partial charge in [0.1, 0.15) is 28.6 Å². The Morgan fingerprint density at radius 2 is 1.91 bits per heavy atom. The maximum Gasteiger partial charge on any atom is 0.347 e. The zero-order valence-corrected chi connectivity index (χ0v) is 19.1. The molecule has 0 unspecified atom stereocenters. The van der Waals surface area contributed by atoms with Gasteiger partial charge in [-0.25, -0.2) is 4.79 Å². The van der Waals surface area contributed by atoms with Gasteiger partial charge in [-0.05, 0) is 49.4 Å². The number of fused-ring (bicyclic) bond motifs is 2. The molecular formula is C26H19ClO7. The number of esters is 1. The molecule has 7 nitrogen and oxygen atoms in total. The normalized spacial score (nSPS) is 15.3. The van der Waals surface area contributed by atoms with Crippen LogP contribution in [0.2, 0.25) is 5.02 Å². The van der Waals surface area contributed by atoms with E-state index in [9.17, 15) is 9.59 Å². The van der Waals surface area contributed by atoms with Crippen molar-refractivity contribution in [2.45, 2.75) is 13.5 Å². The van der Waals surface area contributed by atoms with Crippen LogP contribution in [0.1, 0.15) is 37.4 Å². The number of hydrogen-bond acceptors (Lipinski definition) is 7. The van der Waals surface area contributed by atoms with Gasteiger partial charge >= 0.3 is 5.97 Å². The summed E-state index contributed by atoms with van der Waals surface area (Å²) in [7, 11) is 1.48. The zero-order chi connectivity index (χ0) is 23.8. The third-order valence-electron chi connectivity index (χ3n) is 5.56. The molecule has 2 heterocycles. The summed E-state index contributed by atoms with van der Waals surface area (Å²) in [5, 5.41) is 0.490. The Morgan fingerprint density at radius 3 is 2.74 bits per heavy atom. The smallest absolute Gasteiger partial charge is 0.347 e. The van der Waals surface area contributed by atoms with Gasteiger partial charge in [-0.2, -0.15) is 0 Å². The van der Waals surface area contributed by atoms with Gasteiger partial charge in [-0.3, -0.25) is 4.79 Å². The van der Waals surface area contributed by atoms with E-state index in [-0.39, 0.29) is 29.6 Å². The number of hydrogen-bond donors (Lipinski definition) is 0. The number of ketones is 1. The van der Waals surface area contributed by atoms with Gasteiger partial charge in [-0.1, -0.05) is 23.7 Å². The van der Waals surface area contributed by atoms with E-state index < -0.39 is 5.97 Å². The molecule has 0 fully saturated rings. The molecule has 0 bridgehead atoms. The van der Waals surface area contributed by atoms with E-state index in [1.165, 1.54) is 7.11 Å². The van der Waals surface area contributed by atoms with E-state index in [1.807, 2.05) is 0 Å². The molecule has 0 amide bonds. The van der Waals surface area contributed by atoms with Crippen molar-refractivity contribution in [1.29, 1.82) is 0 Å². The van der Waals surface area contributed by atoms with Crippen LogP contribution in [0.15, 0.2) is 54.3 Å². The summed E-state index contributed by atoms with van der Waals surface area (Å²) in [6.07, 6.45) is 1.60. The summed E-state index contributed by atoms with van der Waals surface area (Å²) >= 11 is 6.24. The van der Waals surface area contributed by atoms with Crippen LogP contribution in [-0.4, -0.2) is 25.7 Å². The van der Waals surface area contributed by atoms with Crippen molar-refractivity contribution in [3.05, 3.63) is 87.1 Å². The summed E-state index contributed by atoms with van der Waals surface area (Å²) < 4.78 is 27.7. The van der Waals surface area contributed by atoms with E-state index in [2.05, 4.69) is 0 Å². The number of benzene rings is 3. The Labute approximate surface area is 200 Å². The van der Waals surface area contributed by atoms with Crippen LogP contribution < -0.4 is 18.9 Å². The van der Waals surface area contributed by atoms with Crippen molar-refractivity contribution < 1.29 is 33.3 Å². The largest absolute Gasteiger partial charge is 0.496 e. The van der Waals surface area contributed by atoms with Crippen molar-refractivity contribution in [3.8, 4) is 23.0 Å². The van der Waals surface area contributed by atoms with Crippen LogP contribution in [-0.2, 0) is 11.3 Å². The lowest BCUT2D eigenvalue weighted by molar-refractivity contribution is -0.0165. The van der Waals surface area contributed by atoms with Gasteiger partial charge in [0.25, 0.3) is 0 Å². The number of carbonyl (C=O) groups excluding carboxylic acids is 2. The summed E-state index contributed by atoms with van der Waals surface area (Å²) in [4.78, 5) is 25.8. The van der Waals surface area contributed by atoms with Crippen LogP contribution in [0.5, 0.6) is 23.0 Å². The molecule has 0 aromatic heterocycles. The predicted molar refractivity (Wildman–Crippen MR) is 124 cm³/mol. The second kappa shape index (κ2) is 8.85. The number of rotatable bonds is 4. The predicted octanol–water partition coefficient (Wildman–Crippen LogP) is 5.36. The maximum absolute atomic E-state index is 13.0. The van der Waals surface area contributed by atoms with Crippen molar-refractivity contribution in [3.63, 3.8) is 0 Å². The molecule has 172 valence electrons. The number of halogens is 1. The van der Waals surface area contributed by atoms with Crippen LogP contribution in [0.3, 0.4) is 0 Å². The molecule has 0 spiro atoms. The number of allylic oxidation sites excluding steroid dienone is 1. The van der Waals surface area contributed by atoms with Gasteiger partial charge in [0.15, 0.2) is 12.6 Å². The molecule has 3 aromatic rings. The highest BCUT2D eigenvalue weighted by atomic mass is 35.5. The molecule has 0 N–H and O–H groups in total. The fraction of sp³-hybridized carbons (Fsp3) is 0.154. The highest BCUT2D eigenvalue weighted by Crippen LogP contribution is 2.41. The molecule has 2 aliphatic heterocycles. The monoisotopic (exact) mass is 478 g/mol. The van der Waals surface area contributed by atoms with E-state index in [0.717, 1.165) is 5.56 Å². The number of ether oxygens (including phenoxy) is 5. The molecule has 0 aliphatic carbocycles. The topological polar surface area (TPSA) is 80.3 Å². The van der Waals surface area contributed by atoms with Crippen molar-refractivity contribution >= 4 is 29.4 Å². The minimum atomic E-state index is -0.578. The Hall–Kier alpha value is -3.81. The summed E-state index contributed by atoms with van der Waals surface area (Å²) in [5.41, 5.74) is 2.59. The highest BCUT2D eigenvalue weighted by Gasteiger charge is 2.31. The first-order valence-corrected chi connectivity index (χ1v) is 10.8. The summed E-state index contributed by atoms with van der Waals surface area (Å²) in [6.45, 7) is 2.20. The van der Waals surface area contributed by atoms with E-state index in [4.69, 9.17) is 35.3 Å². The lowest BCUT2D eigenvalue weighted by Gasteiger charge is -2.20. The van der Waals surface area contributed by atoms with Gasteiger partial charge in [0.2, 0.25) is 5.78 Å². The van der Waals surface area contributed by atoms with Crippen LogP contribution in [0.4, 0.5) is 0 Å². The van der Waals surface area contributed by atoms with Crippen LogP contribution in [0.25, 0.3) is 6.08 Å². The zero-order valence-electron chi connectivity index (χ0n) is 18.3. The second-order valence-electron chi connectivity index (χ2n) is 7.69. The Morgan fingerprint density at radius 1 is 1.09 bits per heavy atom. The summed E-state index contributed by atoms with van der Waals surface area (Å²) in [5.74, 6) is 0.864. The Bertz CT molecular complexity index is 1360. The first kappa shape index (κ1) is 22.0. The third-order valence-corrected chi connectivity index (χ3v) is 5.77. The molecular weight excluding hydrogens is 460 g/mol. The quantitative estimate of drug-likeness (QED) is 0.284. The van der Waals surface area contributed by atoms with E-state index in [0.29, 0.717) is 45.6 Å². The molecule has 3 aromatic carbocycles. The maximum atomic E-state index is 13.0. The van der Waals surface area contributed by atoms with Gasteiger partial charge in [0.05, 0.1) is 19.3 Å². The summed E-state index contributed by atoms with van der Waals surface area (Å²) in [6, 6.07) is 13.4. The first-order valence-electron chi connectivity index (χ1n) is 10.4. The third kappa shape index (κ3) is 3.89. The average molecular weight is 479 g/mol. The second-order valence-corrected chi connectivity index (χ2v) is 8.13. The van der Waals surface area contributed by atoms with Crippen molar-refractivity contribution in [1.82, 2.24) is 0 Å². The molecule has 0 saturated heterocycles. The van der Waals surface area contributed by atoms with Gasteiger partial charge in [0, 0.05) is 21.7 Å². The molecule has 0 radical (unpaired) electrons. The molecule has 5 rings (SSSR count). The minimum Gasteiger partial charge on any atom is -0.496 e. The number of para-hydroxylation sites is 1. The number of carbonyl (C=O) groups is 2. The molecule has 34 heavy (non-hydrogen) atoms. The number of Topliss-reactive ketones (excluding diaryl/α,β-unsaturated/α-hetero) is 1. The molecule has 0 saturated carbocycles. The standard InChI is InChI=1S/C26H19ClO7/c1-14-20(34-26(29)18-5-3-4-6-21(18)30-2)8-7-19-23(28)22(33-24(14)19)11-15-9-17(27)10-16-12-31-13-32-25(15)16/h3-11H,12-13H2,1-2H3/b22-11-.